The Balaban J connectivity index is 2.23. The van der Waals surface area contributed by atoms with Crippen molar-refractivity contribution in [3.63, 3.8) is 0 Å². The number of aryl methyl sites for hydroxylation is 1. The fourth-order valence-electron chi connectivity index (χ4n) is 2.62. The van der Waals surface area contributed by atoms with Gasteiger partial charge in [-0.3, -0.25) is 9.78 Å². The van der Waals surface area contributed by atoms with Crippen LogP contribution in [-0.4, -0.2) is 25.6 Å². The average molecular weight is 269 g/mol. The molecule has 0 aliphatic carbocycles. The van der Waals surface area contributed by atoms with E-state index < -0.39 is 5.97 Å². The van der Waals surface area contributed by atoms with Gasteiger partial charge in [0.25, 0.3) is 0 Å². The highest BCUT2D eigenvalue weighted by Crippen LogP contribution is 2.27. The highest BCUT2D eigenvalue weighted by atomic mass is 16.4. The summed E-state index contributed by atoms with van der Waals surface area (Å²) in [5, 5.41) is 9.93. The maximum absolute atomic E-state index is 10.9. The standard InChI is InChI=1S/C15H15N3O2/c1-9(8-13(19)20)15-17-14-10-4-3-7-16-11(10)5-6-12(14)18(15)2/h3-7,9H,8H2,1-2H3,(H,19,20). The number of hydrogen-bond acceptors (Lipinski definition) is 3. The molecule has 0 saturated carbocycles. The van der Waals surface area contributed by atoms with Crippen LogP contribution in [0.1, 0.15) is 25.1 Å². The lowest BCUT2D eigenvalue weighted by Crippen LogP contribution is -2.08. The number of fused-ring (bicyclic) bond motifs is 3. The minimum Gasteiger partial charge on any atom is -0.481 e. The van der Waals surface area contributed by atoms with E-state index in [-0.39, 0.29) is 12.3 Å². The fraction of sp³-hybridized carbons (Fsp3) is 0.267. The topological polar surface area (TPSA) is 68.0 Å². The van der Waals surface area contributed by atoms with Crippen LogP contribution in [0.15, 0.2) is 30.5 Å². The Morgan fingerprint density at radius 1 is 1.40 bits per heavy atom. The molecule has 0 bridgehead atoms. The minimum absolute atomic E-state index is 0.0767. The van der Waals surface area contributed by atoms with E-state index in [0.717, 1.165) is 27.8 Å². The van der Waals surface area contributed by atoms with Gasteiger partial charge >= 0.3 is 5.97 Å². The summed E-state index contributed by atoms with van der Waals surface area (Å²) in [7, 11) is 1.92. The van der Waals surface area contributed by atoms with E-state index in [2.05, 4.69) is 9.97 Å². The summed E-state index contributed by atoms with van der Waals surface area (Å²) in [5.74, 6) is -0.147. The van der Waals surface area contributed by atoms with E-state index in [1.807, 2.05) is 42.8 Å². The van der Waals surface area contributed by atoms with Crippen molar-refractivity contribution in [2.24, 2.45) is 7.05 Å². The maximum atomic E-state index is 10.9. The summed E-state index contributed by atoms with van der Waals surface area (Å²) < 4.78 is 1.97. The van der Waals surface area contributed by atoms with Crippen molar-refractivity contribution in [3.05, 3.63) is 36.3 Å². The van der Waals surface area contributed by atoms with Crippen molar-refractivity contribution in [1.29, 1.82) is 0 Å². The number of nitrogens with zero attached hydrogens (tertiary/aromatic N) is 3. The molecule has 0 amide bonds. The molecule has 2 aromatic heterocycles. The largest absolute Gasteiger partial charge is 0.481 e. The molecule has 1 atom stereocenters. The summed E-state index contributed by atoms with van der Waals surface area (Å²) in [6.45, 7) is 1.88. The smallest absolute Gasteiger partial charge is 0.304 e. The van der Waals surface area contributed by atoms with Crippen LogP contribution in [0, 0.1) is 0 Å². The first kappa shape index (κ1) is 12.6. The molecule has 0 spiro atoms. The molecule has 0 aliphatic heterocycles. The summed E-state index contributed by atoms with van der Waals surface area (Å²) >= 11 is 0. The molecule has 0 fully saturated rings. The molecule has 102 valence electrons. The Labute approximate surface area is 115 Å². The van der Waals surface area contributed by atoms with E-state index in [1.165, 1.54) is 0 Å². The Morgan fingerprint density at radius 3 is 2.95 bits per heavy atom. The Hall–Kier alpha value is -2.43. The van der Waals surface area contributed by atoms with Crippen molar-refractivity contribution in [2.75, 3.05) is 0 Å². The number of pyridine rings is 1. The SMILES string of the molecule is CC(CC(=O)O)c1nc2c3cccnc3ccc2n1C. The molecule has 5 nitrogen and oxygen atoms in total. The Kier molecular flexibility index (Phi) is 2.89. The van der Waals surface area contributed by atoms with Crippen LogP contribution in [-0.2, 0) is 11.8 Å². The number of carboxylic acid groups (broad SMARTS) is 1. The normalized spacial score (nSPS) is 12.9. The molecule has 20 heavy (non-hydrogen) atoms. The minimum atomic E-state index is -0.809. The molecular formula is C15H15N3O2. The van der Waals surface area contributed by atoms with Gasteiger partial charge in [-0.25, -0.2) is 4.98 Å². The number of hydrogen-bond donors (Lipinski definition) is 1. The molecule has 5 heteroatoms. The molecular weight excluding hydrogens is 254 g/mol. The lowest BCUT2D eigenvalue weighted by molar-refractivity contribution is -0.137. The zero-order valence-corrected chi connectivity index (χ0v) is 11.4. The van der Waals surface area contributed by atoms with Gasteiger partial charge in [-0.1, -0.05) is 6.92 Å². The van der Waals surface area contributed by atoms with E-state index in [0.29, 0.717) is 0 Å². The van der Waals surface area contributed by atoms with Crippen molar-refractivity contribution in [1.82, 2.24) is 14.5 Å². The average Bonchev–Trinajstić information content (AvgIpc) is 2.76. The van der Waals surface area contributed by atoms with Crippen molar-refractivity contribution in [3.8, 4) is 0 Å². The van der Waals surface area contributed by atoms with Crippen molar-refractivity contribution in [2.45, 2.75) is 19.3 Å². The number of rotatable bonds is 3. The van der Waals surface area contributed by atoms with Gasteiger partial charge in [0, 0.05) is 24.5 Å². The maximum Gasteiger partial charge on any atom is 0.304 e. The van der Waals surface area contributed by atoms with E-state index in [4.69, 9.17) is 5.11 Å². The fourth-order valence-corrected chi connectivity index (χ4v) is 2.62. The van der Waals surface area contributed by atoms with Crippen LogP contribution in [0.5, 0.6) is 0 Å². The third kappa shape index (κ3) is 1.91. The van der Waals surface area contributed by atoms with Gasteiger partial charge in [0.2, 0.25) is 0 Å². The van der Waals surface area contributed by atoms with Crippen LogP contribution >= 0.6 is 0 Å². The highest BCUT2D eigenvalue weighted by molar-refractivity contribution is 6.02. The predicted molar refractivity (Wildman–Crippen MR) is 76.7 cm³/mol. The second kappa shape index (κ2) is 4.59. The first-order valence-electron chi connectivity index (χ1n) is 6.50. The van der Waals surface area contributed by atoms with Crippen molar-refractivity contribution >= 4 is 27.9 Å². The molecule has 0 radical (unpaired) electrons. The number of benzene rings is 1. The third-order valence-corrected chi connectivity index (χ3v) is 3.59. The monoisotopic (exact) mass is 269 g/mol. The van der Waals surface area contributed by atoms with Gasteiger partial charge in [0.1, 0.15) is 5.82 Å². The predicted octanol–water partition coefficient (Wildman–Crippen LogP) is 2.70. The van der Waals surface area contributed by atoms with E-state index in [1.54, 1.807) is 6.20 Å². The lowest BCUT2D eigenvalue weighted by Gasteiger charge is -2.08. The molecule has 0 aliphatic rings. The number of carbonyl (C=O) groups is 1. The number of carboxylic acids is 1. The molecule has 1 aromatic carbocycles. The molecule has 1 N–H and O–H groups in total. The Bertz CT molecular complexity index is 807. The molecule has 3 aromatic rings. The van der Waals surface area contributed by atoms with E-state index in [9.17, 15) is 4.79 Å². The molecule has 0 saturated heterocycles. The number of imidazole rings is 1. The van der Waals surface area contributed by atoms with E-state index >= 15 is 0 Å². The summed E-state index contributed by atoms with van der Waals surface area (Å²) in [6.07, 6.45) is 1.83. The zero-order valence-electron chi connectivity index (χ0n) is 11.4. The van der Waals surface area contributed by atoms with Gasteiger partial charge in [-0.05, 0) is 24.3 Å². The van der Waals surface area contributed by atoms with Crippen LogP contribution in [0.25, 0.3) is 21.9 Å². The summed E-state index contributed by atoms with van der Waals surface area (Å²) in [4.78, 5) is 19.8. The van der Waals surface area contributed by atoms with Gasteiger partial charge in [0.05, 0.1) is 23.0 Å². The van der Waals surface area contributed by atoms with Gasteiger partial charge in [-0.2, -0.15) is 0 Å². The summed E-state index contributed by atoms with van der Waals surface area (Å²) in [5.41, 5.74) is 2.78. The number of aromatic nitrogens is 3. The van der Waals surface area contributed by atoms with Gasteiger partial charge < -0.3 is 9.67 Å². The summed E-state index contributed by atoms with van der Waals surface area (Å²) in [6, 6.07) is 7.82. The number of aliphatic carboxylic acids is 1. The molecule has 1 unspecified atom stereocenters. The first-order chi connectivity index (χ1) is 9.58. The second-order valence-electron chi connectivity index (χ2n) is 5.03. The van der Waals surface area contributed by atoms with Crippen molar-refractivity contribution < 1.29 is 9.90 Å². The lowest BCUT2D eigenvalue weighted by atomic mass is 10.1. The second-order valence-corrected chi connectivity index (χ2v) is 5.03. The van der Waals surface area contributed by atoms with Crippen LogP contribution in [0.3, 0.4) is 0 Å². The van der Waals surface area contributed by atoms with Gasteiger partial charge in [0.15, 0.2) is 0 Å². The quantitative estimate of drug-likeness (QED) is 0.793. The first-order valence-corrected chi connectivity index (χ1v) is 6.50. The van der Waals surface area contributed by atoms with Crippen LogP contribution in [0.4, 0.5) is 0 Å². The van der Waals surface area contributed by atoms with Gasteiger partial charge in [-0.15, -0.1) is 0 Å². The third-order valence-electron chi connectivity index (χ3n) is 3.59. The Morgan fingerprint density at radius 2 is 2.20 bits per heavy atom. The van der Waals surface area contributed by atoms with Crippen LogP contribution < -0.4 is 0 Å². The molecule has 2 heterocycles. The van der Waals surface area contributed by atoms with Crippen LogP contribution in [0.2, 0.25) is 0 Å². The molecule has 3 rings (SSSR count). The zero-order chi connectivity index (χ0) is 14.3. The highest BCUT2D eigenvalue weighted by Gasteiger charge is 2.18.